The fourth-order valence-corrected chi connectivity index (χ4v) is 2.46. The lowest BCUT2D eigenvalue weighted by atomic mass is 10.1. The van der Waals surface area contributed by atoms with Crippen molar-refractivity contribution in [2.75, 3.05) is 24.7 Å². The monoisotopic (exact) mass is 334 g/mol. The van der Waals surface area contributed by atoms with E-state index in [1.165, 1.54) is 18.2 Å². The van der Waals surface area contributed by atoms with Gasteiger partial charge >= 0.3 is 0 Å². The van der Waals surface area contributed by atoms with Crippen molar-refractivity contribution in [3.63, 3.8) is 0 Å². The van der Waals surface area contributed by atoms with Crippen molar-refractivity contribution >= 4 is 22.3 Å². The molecule has 3 rings (SSSR count). The number of nitrogens with zero attached hydrogens (tertiary/aromatic N) is 1. The van der Waals surface area contributed by atoms with E-state index in [-0.39, 0.29) is 16.7 Å². The minimum atomic E-state index is -1.05. The molecule has 4 nitrogen and oxygen atoms in total. The molecule has 7 heteroatoms. The van der Waals surface area contributed by atoms with Crippen LogP contribution in [0.1, 0.15) is 0 Å². The van der Waals surface area contributed by atoms with E-state index in [9.17, 15) is 18.0 Å². The molecule has 0 amide bonds. The predicted molar refractivity (Wildman–Crippen MR) is 86.5 cm³/mol. The van der Waals surface area contributed by atoms with Crippen molar-refractivity contribution in [1.82, 2.24) is 0 Å². The number of anilines is 2. The Kier molecular flexibility index (Phi) is 3.71. The summed E-state index contributed by atoms with van der Waals surface area (Å²) in [5, 5.41) is -0.373. The quantitative estimate of drug-likeness (QED) is 0.729. The van der Waals surface area contributed by atoms with E-state index in [1.54, 1.807) is 19.0 Å². The third-order valence-electron chi connectivity index (χ3n) is 3.66. The summed E-state index contributed by atoms with van der Waals surface area (Å²) >= 11 is 0. The van der Waals surface area contributed by atoms with Gasteiger partial charge in [0.1, 0.15) is 17.4 Å². The van der Waals surface area contributed by atoms with E-state index in [2.05, 4.69) is 0 Å². The molecule has 0 unspecified atom stereocenters. The lowest BCUT2D eigenvalue weighted by Crippen LogP contribution is -2.10. The first-order valence-corrected chi connectivity index (χ1v) is 6.98. The highest BCUT2D eigenvalue weighted by atomic mass is 19.1. The van der Waals surface area contributed by atoms with Crippen LogP contribution < -0.4 is 16.1 Å². The Labute approximate surface area is 134 Å². The Morgan fingerprint density at radius 1 is 1.00 bits per heavy atom. The van der Waals surface area contributed by atoms with Gasteiger partial charge in [0.15, 0.2) is 16.8 Å². The zero-order chi connectivity index (χ0) is 17.6. The second-order valence-electron chi connectivity index (χ2n) is 5.49. The van der Waals surface area contributed by atoms with Crippen molar-refractivity contribution in [2.24, 2.45) is 0 Å². The largest absolute Gasteiger partial charge is 0.453 e. The van der Waals surface area contributed by atoms with Gasteiger partial charge in [0.25, 0.3) is 0 Å². The van der Waals surface area contributed by atoms with Crippen LogP contribution in [-0.4, -0.2) is 14.1 Å². The molecule has 0 aliphatic rings. The van der Waals surface area contributed by atoms with Gasteiger partial charge in [-0.25, -0.2) is 13.2 Å². The number of fused-ring (bicyclic) bond motifs is 1. The Balaban J connectivity index is 2.26. The molecular formula is C17H13F3N2O2. The van der Waals surface area contributed by atoms with Crippen molar-refractivity contribution in [3.8, 4) is 11.3 Å². The van der Waals surface area contributed by atoms with Gasteiger partial charge in [0.2, 0.25) is 0 Å². The van der Waals surface area contributed by atoms with E-state index in [1.807, 2.05) is 0 Å². The van der Waals surface area contributed by atoms with Crippen LogP contribution >= 0.6 is 0 Å². The highest BCUT2D eigenvalue weighted by Crippen LogP contribution is 2.30. The molecule has 0 aliphatic carbocycles. The Morgan fingerprint density at radius 2 is 1.71 bits per heavy atom. The van der Waals surface area contributed by atoms with Gasteiger partial charge in [-0.05, 0) is 18.2 Å². The molecule has 0 bridgehead atoms. The molecule has 124 valence electrons. The molecule has 1 heterocycles. The summed E-state index contributed by atoms with van der Waals surface area (Å²) in [6.45, 7) is 0. The lowest BCUT2D eigenvalue weighted by molar-refractivity contribution is 0.546. The number of nitrogen functional groups attached to an aromatic ring is 1. The number of rotatable bonds is 2. The molecule has 0 saturated heterocycles. The summed E-state index contributed by atoms with van der Waals surface area (Å²) in [5.74, 6) is -2.66. The van der Waals surface area contributed by atoms with Gasteiger partial charge in [-0.15, -0.1) is 0 Å². The molecule has 0 atom stereocenters. The molecule has 1 aromatic heterocycles. The third-order valence-corrected chi connectivity index (χ3v) is 3.66. The fraction of sp³-hybridized carbons (Fsp3) is 0.118. The van der Waals surface area contributed by atoms with Gasteiger partial charge in [-0.3, -0.25) is 4.79 Å². The number of halogens is 3. The van der Waals surface area contributed by atoms with Gasteiger partial charge in [0, 0.05) is 31.8 Å². The highest BCUT2D eigenvalue weighted by Gasteiger charge is 2.17. The third kappa shape index (κ3) is 2.47. The van der Waals surface area contributed by atoms with Crippen molar-refractivity contribution in [3.05, 3.63) is 58.0 Å². The molecule has 24 heavy (non-hydrogen) atoms. The molecule has 0 radical (unpaired) electrons. The smallest absolute Gasteiger partial charge is 0.195 e. The molecule has 0 saturated carbocycles. The van der Waals surface area contributed by atoms with E-state index >= 15 is 0 Å². The number of benzene rings is 2. The van der Waals surface area contributed by atoms with Crippen molar-refractivity contribution < 1.29 is 17.6 Å². The first kappa shape index (κ1) is 15.9. The molecular weight excluding hydrogens is 321 g/mol. The van der Waals surface area contributed by atoms with Gasteiger partial charge < -0.3 is 15.1 Å². The van der Waals surface area contributed by atoms with Gasteiger partial charge in [-0.1, -0.05) is 0 Å². The molecule has 3 aromatic rings. The van der Waals surface area contributed by atoms with Crippen LogP contribution in [0.15, 0.2) is 39.5 Å². The molecule has 0 spiro atoms. The van der Waals surface area contributed by atoms with Gasteiger partial charge in [0.05, 0.1) is 16.8 Å². The first-order valence-electron chi connectivity index (χ1n) is 6.98. The molecule has 2 N–H and O–H groups in total. The average Bonchev–Trinajstić information content (AvgIpc) is 2.51. The van der Waals surface area contributed by atoms with Gasteiger partial charge in [-0.2, -0.15) is 0 Å². The summed E-state index contributed by atoms with van der Waals surface area (Å²) in [5.41, 5.74) is 4.42. The van der Waals surface area contributed by atoms with Crippen LogP contribution in [0.25, 0.3) is 22.3 Å². The molecule has 0 fully saturated rings. The zero-order valence-electron chi connectivity index (χ0n) is 12.9. The minimum absolute atomic E-state index is 0.0402. The van der Waals surface area contributed by atoms with Crippen LogP contribution in [0.5, 0.6) is 0 Å². The van der Waals surface area contributed by atoms with Crippen LogP contribution in [0.2, 0.25) is 0 Å². The van der Waals surface area contributed by atoms with E-state index in [0.29, 0.717) is 11.8 Å². The number of nitrogens with two attached hydrogens (primary N) is 1. The van der Waals surface area contributed by atoms with E-state index < -0.39 is 34.2 Å². The van der Waals surface area contributed by atoms with E-state index in [0.717, 1.165) is 6.07 Å². The summed E-state index contributed by atoms with van der Waals surface area (Å²) < 4.78 is 46.9. The van der Waals surface area contributed by atoms with E-state index in [4.69, 9.17) is 10.2 Å². The highest BCUT2D eigenvalue weighted by molar-refractivity contribution is 5.90. The summed E-state index contributed by atoms with van der Waals surface area (Å²) in [6, 6.07) is 5.78. The summed E-state index contributed by atoms with van der Waals surface area (Å²) in [7, 11) is 3.36. The number of hydrogen-bond acceptors (Lipinski definition) is 4. The fourth-order valence-electron chi connectivity index (χ4n) is 2.46. The second-order valence-corrected chi connectivity index (χ2v) is 5.49. The molecule has 0 aliphatic heterocycles. The predicted octanol–water partition coefficient (Wildman–Crippen LogP) is 3.53. The summed E-state index contributed by atoms with van der Waals surface area (Å²) in [6.07, 6.45) is 0. The normalized spacial score (nSPS) is 11.0. The van der Waals surface area contributed by atoms with Crippen LogP contribution in [0.4, 0.5) is 24.5 Å². The topological polar surface area (TPSA) is 59.5 Å². The van der Waals surface area contributed by atoms with Crippen molar-refractivity contribution in [2.45, 2.75) is 0 Å². The maximum Gasteiger partial charge on any atom is 0.195 e. The number of hydrogen-bond donors (Lipinski definition) is 1. The van der Waals surface area contributed by atoms with Crippen molar-refractivity contribution in [1.29, 1.82) is 0 Å². The first-order chi connectivity index (χ1) is 11.3. The standard InChI is InChI=1S/C17H13F3N2O2/c1-22(2)12-4-3-8(5-9(12)18)14-7-13(23)15-16(21)10(19)6-11(20)17(15)24-14/h3-7H,21H2,1-2H3. The Hall–Kier alpha value is -2.96. The Bertz CT molecular complexity index is 1010. The maximum absolute atomic E-state index is 14.1. The SMILES string of the molecule is CN(C)c1ccc(-c2cc(=O)c3c(N)c(F)cc(F)c3o2)cc1F. The average molecular weight is 334 g/mol. The maximum atomic E-state index is 14.1. The summed E-state index contributed by atoms with van der Waals surface area (Å²) in [4.78, 5) is 13.8. The second kappa shape index (κ2) is 5.59. The zero-order valence-corrected chi connectivity index (χ0v) is 12.9. The van der Waals surface area contributed by atoms with Crippen LogP contribution in [0, 0.1) is 17.5 Å². The lowest BCUT2D eigenvalue weighted by Gasteiger charge is -2.14. The molecule has 2 aromatic carbocycles. The van der Waals surface area contributed by atoms with Crippen LogP contribution in [0.3, 0.4) is 0 Å². The Morgan fingerprint density at radius 3 is 2.33 bits per heavy atom. The minimum Gasteiger partial charge on any atom is -0.453 e. The van der Waals surface area contributed by atoms with Crippen LogP contribution in [-0.2, 0) is 0 Å².